The van der Waals surface area contributed by atoms with Gasteiger partial charge >= 0.3 is 5.97 Å². The number of amides is 1. The molecule has 0 unspecified atom stereocenters. The van der Waals surface area contributed by atoms with Gasteiger partial charge in [0.1, 0.15) is 5.82 Å². The van der Waals surface area contributed by atoms with Crippen LogP contribution in [-0.2, 0) is 12.1 Å². The summed E-state index contributed by atoms with van der Waals surface area (Å²) in [6, 6.07) is 23.3. The zero-order valence-electron chi connectivity index (χ0n) is 22.0. The average Bonchev–Trinajstić information content (AvgIpc) is 3.63. The van der Waals surface area contributed by atoms with Gasteiger partial charge in [0.2, 0.25) is 0 Å². The molecule has 4 aromatic carbocycles. The number of rotatable bonds is 7. The fraction of sp³-hybridized carbons (Fsp3) is 0.121. The van der Waals surface area contributed by atoms with Crippen LogP contribution >= 0.6 is 23.2 Å². The summed E-state index contributed by atoms with van der Waals surface area (Å²) >= 11 is 12.5. The minimum Gasteiger partial charge on any atom is -0.478 e. The summed E-state index contributed by atoms with van der Waals surface area (Å²) < 4.78 is 16.3. The molecule has 1 aromatic heterocycles. The number of hydrogen-bond acceptors (Lipinski definition) is 3. The van der Waals surface area contributed by atoms with Gasteiger partial charge in [-0.2, -0.15) is 5.26 Å². The molecule has 0 aliphatic heterocycles. The van der Waals surface area contributed by atoms with Gasteiger partial charge in [-0.05, 0) is 102 Å². The van der Waals surface area contributed by atoms with Crippen molar-refractivity contribution >= 4 is 46.0 Å². The standard InChI is InChI=1S/C33H22Cl2FN3O3/c34-26-10-20(11-27(35)16-26)18-39-8-5-22-13-24(23-9-19(17-37)12-28(36)14-23)15-29(30(22)39)31(40)38-33(6-7-33)25-3-1-21(2-4-25)32(41)42/h1-5,8-16H,6-7,18H2,(H,38,40)(H,41,42). The molecule has 1 heterocycles. The minimum atomic E-state index is -1.02. The second kappa shape index (κ2) is 10.6. The van der Waals surface area contributed by atoms with Gasteiger partial charge in [-0.25, -0.2) is 9.18 Å². The van der Waals surface area contributed by atoms with Gasteiger partial charge in [0, 0.05) is 28.2 Å². The Balaban J connectivity index is 1.45. The van der Waals surface area contributed by atoms with Gasteiger partial charge < -0.3 is 15.0 Å². The van der Waals surface area contributed by atoms with Gasteiger partial charge in [-0.3, -0.25) is 4.79 Å². The van der Waals surface area contributed by atoms with Crippen molar-refractivity contribution < 1.29 is 19.1 Å². The van der Waals surface area contributed by atoms with E-state index in [-0.39, 0.29) is 17.0 Å². The SMILES string of the molecule is N#Cc1cc(F)cc(-c2cc(C(=O)NC3(c4ccc(C(=O)O)cc4)CC3)c3c(ccn3Cc3cc(Cl)cc(Cl)c3)c2)c1. The normalized spacial score (nSPS) is 13.5. The molecule has 0 saturated heterocycles. The highest BCUT2D eigenvalue weighted by Gasteiger charge is 2.46. The number of fused-ring (bicyclic) bond motifs is 1. The van der Waals surface area contributed by atoms with Crippen molar-refractivity contribution in [3.05, 3.63) is 129 Å². The van der Waals surface area contributed by atoms with Crippen molar-refractivity contribution in [1.82, 2.24) is 9.88 Å². The second-order valence-corrected chi connectivity index (χ2v) is 11.3. The molecule has 208 valence electrons. The van der Waals surface area contributed by atoms with E-state index >= 15 is 0 Å². The predicted molar refractivity (Wildman–Crippen MR) is 159 cm³/mol. The second-order valence-electron chi connectivity index (χ2n) is 10.4. The lowest BCUT2D eigenvalue weighted by Gasteiger charge is -2.20. The number of aromatic nitrogens is 1. The molecule has 0 radical (unpaired) electrons. The van der Waals surface area contributed by atoms with Crippen LogP contribution in [0.15, 0.2) is 85.1 Å². The van der Waals surface area contributed by atoms with Gasteiger partial charge in [-0.1, -0.05) is 35.3 Å². The number of hydrogen-bond donors (Lipinski definition) is 2. The highest BCUT2D eigenvalue weighted by Crippen LogP contribution is 2.46. The Bertz CT molecular complexity index is 1920. The zero-order chi connectivity index (χ0) is 29.6. The number of halogens is 3. The minimum absolute atomic E-state index is 0.168. The average molecular weight is 598 g/mol. The van der Waals surface area contributed by atoms with Crippen molar-refractivity contribution in [1.29, 1.82) is 5.26 Å². The molecule has 2 N–H and O–H groups in total. The molecular weight excluding hydrogens is 576 g/mol. The van der Waals surface area contributed by atoms with Crippen LogP contribution < -0.4 is 5.32 Å². The van der Waals surface area contributed by atoms with E-state index < -0.39 is 17.3 Å². The van der Waals surface area contributed by atoms with E-state index in [1.807, 2.05) is 41.1 Å². The van der Waals surface area contributed by atoms with E-state index in [1.165, 1.54) is 18.2 Å². The van der Waals surface area contributed by atoms with E-state index in [0.29, 0.717) is 51.6 Å². The summed E-state index contributed by atoms with van der Waals surface area (Å²) in [7, 11) is 0. The molecule has 0 bridgehead atoms. The third kappa shape index (κ3) is 5.35. The van der Waals surface area contributed by atoms with E-state index in [4.69, 9.17) is 23.2 Å². The molecular formula is C33H22Cl2FN3O3. The first-order valence-electron chi connectivity index (χ1n) is 13.1. The van der Waals surface area contributed by atoms with Crippen LogP contribution in [-0.4, -0.2) is 21.6 Å². The van der Waals surface area contributed by atoms with Gasteiger partial charge in [-0.15, -0.1) is 0 Å². The Hall–Kier alpha value is -4.64. The fourth-order valence-corrected chi connectivity index (χ4v) is 5.94. The van der Waals surface area contributed by atoms with E-state index in [9.17, 15) is 24.3 Å². The number of benzene rings is 4. The summed E-state index contributed by atoms with van der Waals surface area (Å²) in [5, 5.41) is 23.6. The zero-order valence-corrected chi connectivity index (χ0v) is 23.5. The first kappa shape index (κ1) is 27.5. The molecule has 1 fully saturated rings. The third-order valence-corrected chi connectivity index (χ3v) is 7.96. The molecule has 9 heteroatoms. The molecule has 0 atom stereocenters. The number of nitrogens with zero attached hydrogens (tertiary/aromatic N) is 2. The van der Waals surface area contributed by atoms with Crippen LogP contribution in [0.25, 0.3) is 22.0 Å². The lowest BCUT2D eigenvalue weighted by molar-refractivity contribution is 0.0696. The highest BCUT2D eigenvalue weighted by atomic mass is 35.5. The van der Waals surface area contributed by atoms with Crippen molar-refractivity contribution in [2.45, 2.75) is 24.9 Å². The first-order chi connectivity index (χ1) is 20.1. The van der Waals surface area contributed by atoms with Crippen LogP contribution in [0.4, 0.5) is 4.39 Å². The summed E-state index contributed by atoms with van der Waals surface area (Å²) in [6.45, 7) is 0.393. The van der Waals surface area contributed by atoms with Crippen molar-refractivity contribution in [3.63, 3.8) is 0 Å². The first-order valence-corrected chi connectivity index (χ1v) is 13.8. The van der Waals surface area contributed by atoms with E-state index in [2.05, 4.69) is 5.32 Å². The molecule has 42 heavy (non-hydrogen) atoms. The number of carbonyl (C=O) groups is 2. The molecule has 1 amide bonds. The van der Waals surface area contributed by atoms with Crippen LogP contribution in [0.5, 0.6) is 0 Å². The van der Waals surface area contributed by atoms with Crippen LogP contribution in [0.2, 0.25) is 10.0 Å². The van der Waals surface area contributed by atoms with Crippen LogP contribution in [0.1, 0.15) is 50.2 Å². The monoisotopic (exact) mass is 597 g/mol. The summed E-state index contributed by atoms with van der Waals surface area (Å²) in [4.78, 5) is 25.4. The molecule has 1 saturated carbocycles. The number of aromatic carboxylic acids is 1. The van der Waals surface area contributed by atoms with Gasteiger partial charge in [0.15, 0.2) is 0 Å². The molecule has 6 rings (SSSR count). The lowest BCUT2D eigenvalue weighted by Crippen LogP contribution is -2.35. The number of nitriles is 1. The molecule has 1 aliphatic rings. The Morgan fingerprint density at radius 3 is 2.29 bits per heavy atom. The van der Waals surface area contributed by atoms with Gasteiger partial charge in [0.25, 0.3) is 5.91 Å². The third-order valence-electron chi connectivity index (χ3n) is 7.53. The molecule has 0 spiro atoms. The van der Waals surface area contributed by atoms with Crippen LogP contribution in [0.3, 0.4) is 0 Å². The van der Waals surface area contributed by atoms with Crippen LogP contribution in [0, 0.1) is 17.1 Å². The number of carboxylic acids is 1. The number of carbonyl (C=O) groups excluding carboxylic acids is 1. The Kier molecular flexibility index (Phi) is 6.97. The van der Waals surface area contributed by atoms with Gasteiger partial charge in [0.05, 0.1) is 33.8 Å². The smallest absolute Gasteiger partial charge is 0.335 e. The predicted octanol–water partition coefficient (Wildman–Crippen LogP) is 7.79. The highest BCUT2D eigenvalue weighted by molar-refractivity contribution is 6.34. The Morgan fingerprint density at radius 2 is 1.64 bits per heavy atom. The molecule has 6 nitrogen and oxygen atoms in total. The summed E-state index contributed by atoms with van der Waals surface area (Å²) in [5.74, 6) is -1.90. The fourth-order valence-electron chi connectivity index (χ4n) is 5.37. The van der Waals surface area contributed by atoms with E-state index in [1.54, 1.807) is 30.3 Å². The topological polar surface area (TPSA) is 95.1 Å². The Morgan fingerprint density at radius 1 is 0.952 bits per heavy atom. The summed E-state index contributed by atoms with van der Waals surface area (Å²) in [6.07, 6.45) is 3.26. The maximum atomic E-state index is 14.4. The van der Waals surface area contributed by atoms with E-state index in [0.717, 1.165) is 22.6 Å². The van der Waals surface area contributed by atoms with Crippen molar-refractivity contribution in [2.24, 2.45) is 0 Å². The quantitative estimate of drug-likeness (QED) is 0.200. The van der Waals surface area contributed by atoms with Crippen molar-refractivity contribution in [2.75, 3.05) is 0 Å². The molecule has 5 aromatic rings. The largest absolute Gasteiger partial charge is 0.478 e. The Labute approximate surface area is 250 Å². The lowest BCUT2D eigenvalue weighted by atomic mass is 9.97. The van der Waals surface area contributed by atoms with Crippen molar-refractivity contribution in [3.8, 4) is 17.2 Å². The number of nitrogens with one attached hydrogen (secondary N) is 1. The maximum Gasteiger partial charge on any atom is 0.335 e. The summed E-state index contributed by atoms with van der Waals surface area (Å²) in [5.41, 5.74) is 3.49. The number of carboxylic acid groups (broad SMARTS) is 1. The molecule has 1 aliphatic carbocycles. The maximum absolute atomic E-state index is 14.4.